The van der Waals surface area contributed by atoms with Gasteiger partial charge in [0.2, 0.25) is 0 Å². The zero-order valence-corrected chi connectivity index (χ0v) is 11.5. The van der Waals surface area contributed by atoms with Crippen molar-refractivity contribution in [1.29, 1.82) is 0 Å². The maximum Gasteiger partial charge on any atom is 0.317 e. The number of carbonyl (C=O) groups excluding carboxylic acids is 1. The third-order valence-electron chi connectivity index (χ3n) is 4.44. The molecule has 1 aromatic heterocycles. The molecule has 0 spiro atoms. The van der Waals surface area contributed by atoms with Crippen molar-refractivity contribution in [3.05, 3.63) is 17.5 Å². The van der Waals surface area contributed by atoms with Gasteiger partial charge in [-0.2, -0.15) is 5.10 Å². The summed E-state index contributed by atoms with van der Waals surface area (Å²) in [5.41, 5.74) is 2.34. The summed E-state index contributed by atoms with van der Waals surface area (Å²) in [6, 6.07) is 0.141. The maximum atomic E-state index is 12.2. The van der Waals surface area contributed by atoms with Gasteiger partial charge in [-0.15, -0.1) is 0 Å². The summed E-state index contributed by atoms with van der Waals surface area (Å²) in [6.45, 7) is 0.883. The van der Waals surface area contributed by atoms with Crippen molar-refractivity contribution < 1.29 is 4.79 Å². The molecule has 3 rings (SSSR count). The lowest BCUT2D eigenvalue weighted by Crippen LogP contribution is -2.43. The molecule has 104 valence electrons. The Hall–Kier alpha value is -1.52. The molecule has 5 nitrogen and oxygen atoms in total. The van der Waals surface area contributed by atoms with Crippen LogP contribution in [0.25, 0.3) is 0 Å². The van der Waals surface area contributed by atoms with Crippen molar-refractivity contribution in [3.63, 3.8) is 0 Å². The van der Waals surface area contributed by atoms with Gasteiger partial charge in [0.15, 0.2) is 0 Å². The first-order valence-corrected chi connectivity index (χ1v) is 7.28. The van der Waals surface area contributed by atoms with E-state index in [-0.39, 0.29) is 12.1 Å². The molecule has 2 N–H and O–H groups in total. The summed E-state index contributed by atoms with van der Waals surface area (Å²) in [4.78, 5) is 14.0. The van der Waals surface area contributed by atoms with Gasteiger partial charge in [0, 0.05) is 13.6 Å². The van der Waals surface area contributed by atoms with Crippen LogP contribution in [-0.4, -0.2) is 34.7 Å². The van der Waals surface area contributed by atoms with Crippen LogP contribution in [0.5, 0.6) is 0 Å². The number of urea groups is 1. The highest BCUT2D eigenvalue weighted by Crippen LogP contribution is 2.29. The number of aromatic amines is 1. The SMILES string of the molecule is CN(CC1CCC1)C(=O)N[C@@H]1CCCc2cn[nH]c21. The molecule has 1 saturated carbocycles. The van der Waals surface area contributed by atoms with Gasteiger partial charge in [0.25, 0.3) is 0 Å². The zero-order chi connectivity index (χ0) is 13.2. The van der Waals surface area contributed by atoms with E-state index < -0.39 is 0 Å². The molecular weight excluding hydrogens is 240 g/mol. The van der Waals surface area contributed by atoms with Crippen LogP contribution in [0.4, 0.5) is 4.79 Å². The lowest BCUT2D eigenvalue weighted by Gasteiger charge is -2.31. The minimum Gasteiger partial charge on any atom is -0.330 e. The van der Waals surface area contributed by atoms with Crippen molar-refractivity contribution in [1.82, 2.24) is 20.4 Å². The molecule has 2 aliphatic rings. The topological polar surface area (TPSA) is 61.0 Å². The van der Waals surface area contributed by atoms with E-state index in [4.69, 9.17) is 0 Å². The number of H-pyrrole nitrogens is 1. The zero-order valence-electron chi connectivity index (χ0n) is 11.5. The molecule has 1 heterocycles. The summed E-state index contributed by atoms with van der Waals surface area (Å²) in [5, 5.41) is 10.2. The molecule has 19 heavy (non-hydrogen) atoms. The average Bonchev–Trinajstić information content (AvgIpc) is 2.82. The van der Waals surface area contributed by atoms with Crippen molar-refractivity contribution in [2.75, 3.05) is 13.6 Å². The van der Waals surface area contributed by atoms with E-state index in [1.807, 2.05) is 18.1 Å². The van der Waals surface area contributed by atoms with Gasteiger partial charge in [-0.25, -0.2) is 4.79 Å². The highest BCUT2D eigenvalue weighted by molar-refractivity contribution is 5.74. The summed E-state index contributed by atoms with van der Waals surface area (Å²) >= 11 is 0. The Bertz CT molecular complexity index is 452. The maximum absolute atomic E-state index is 12.2. The summed E-state index contributed by atoms with van der Waals surface area (Å²) in [7, 11) is 1.89. The van der Waals surface area contributed by atoms with Crippen LogP contribution in [0.2, 0.25) is 0 Å². The molecule has 0 bridgehead atoms. The van der Waals surface area contributed by atoms with Gasteiger partial charge in [0.05, 0.1) is 17.9 Å². The Balaban J connectivity index is 1.57. The lowest BCUT2D eigenvalue weighted by molar-refractivity contribution is 0.178. The molecule has 1 aromatic rings. The van der Waals surface area contributed by atoms with Crippen LogP contribution in [0.15, 0.2) is 6.20 Å². The van der Waals surface area contributed by atoms with E-state index in [0.717, 1.165) is 31.5 Å². The van der Waals surface area contributed by atoms with E-state index in [2.05, 4.69) is 15.5 Å². The molecule has 1 atom stereocenters. The van der Waals surface area contributed by atoms with Crippen molar-refractivity contribution in [2.45, 2.75) is 44.6 Å². The van der Waals surface area contributed by atoms with Gasteiger partial charge in [0.1, 0.15) is 0 Å². The number of nitrogens with one attached hydrogen (secondary N) is 2. The van der Waals surface area contributed by atoms with E-state index in [1.54, 1.807) is 0 Å². The van der Waals surface area contributed by atoms with Gasteiger partial charge in [-0.3, -0.25) is 5.10 Å². The number of aryl methyl sites for hydroxylation is 1. The minimum absolute atomic E-state index is 0.0411. The molecule has 2 aliphatic carbocycles. The van der Waals surface area contributed by atoms with Crippen LogP contribution >= 0.6 is 0 Å². The number of hydrogen-bond donors (Lipinski definition) is 2. The van der Waals surface area contributed by atoms with E-state index in [1.165, 1.54) is 24.8 Å². The minimum atomic E-state index is 0.0411. The van der Waals surface area contributed by atoms with Crippen LogP contribution in [-0.2, 0) is 6.42 Å². The predicted octanol–water partition coefficient (Wildman–Crippen LogP) is 2.23. The fourth-order valence-corrected chi connectivity index (χ4v) is 3.01. The Morgan fingerprint density at radius 3 is 3.05 bits per heavy atom. The van der Waals surface area contributed by atoms with Gasteiger partial charge in [-0.05, 0) is 43.6 Å². The van der Waals surface area contributed by atoms with Crippen molar-refractivity contribution in [2.24, 2.45) is 5.92 Å². The first-order chi connectivity index (χ1) is 9.24. The summed E-state index contributed by atoms with van der Waals surface area (Å²) in [5.74, 6) is 0.713. The smallest absolute Gasteiger partial charge is 0.317 e. The number of nitrogens with zero attached hydrogens (tertiary/aromatic N) is 2. The molecular formula is C14H22N4O. The second-order valence-corrected chi connectivity index (χ2v) is 5.88. The third kappa shape index (κ3) is 2.60. The normalized spacial score (nSPS) is 22.5. The van der Waals surface area contributed by atoms with E-state index in [9.17, 15) is 4.79 Å². The van der Waals surface area contributed by atoms with Gasteiger partial charge < -0.3 is 10.2 Å². The molecule has 0 radical (unpaired) electrons. The Labute approximate surface area is 113 Å². The first kappa shape index (κ1) is 12.5. The predicted molar refractivity (Wildman–Crippen MR) is 72.8 cm³/mol. The molecule has 0 aromatic carbocycles. The Morgan fingerprint density at radius 2 is 2.32 bits per heavy atom. The van der Waals surface area contributed by atoms with Crippen molar-refractivity contribution >= 4 is 6.03 Å². The Kier molecular flexibility index (Phi) is 3.44. The molecule has 0 unspecified atom stereocenters. The van der Waals surface area contributed by atoms with Crippen molar-refractivity contribution in [3.8, 4) is 0 Å². The number of hydrogen-bond acceptors (Lipinski definition) is 2. The van der Waals surface area contributed by atoms with Gasteiger partial charge >= 0.3 is 6.03 Å². The first-order valence-electron chi connectivity index (χ1n) is 7.28. The fraction of sp³-hybridized carbons (Fsp3) is 0.714. The van der Waals surface area contributed by atoms with Crippen LogP contribution < -0.4 is 5.32 Å². The number of aromatic nitrogens is 2. The van der Waals surface area contributed by atoms with Gasteiger partial charge in [-0.1, -0.05) is 6.42 Å². The molecule has 5 heteroatoms. The lowest BCUT2D eigenvalue weighted by atomic mass is 9.85. The van der Waals surface area contributed by atoms with Crippen LogP contribution in [0.1, 0.15) is 49.4 Å². The quantitative estimate of drug-likeness (QED) is 0.877. The second kappa shape index (κ2) is 5.23. The molecule has 0 aliphatic heterocycles. The monoisotopic (exact) mass is 262 g/mol. The highest BCUT2D eigenvalue weighted by atomic mass is 16.2. The standard InChI is InChI=1S/C14H22N4O/c1-18(9-10-4-2-5-10)14(19)16-12-7-3-6-11-8-15-17-13(11)12/h8,10,12H,2-7,9H2,1H3,(H,15,17)(H,16,19)/t12-/m1/s1. The summed E-state index contributed by atoms with van der Waals surface area (Å²) < 4.78 is 0. The third-order valence-corrected chi connectivity index (χ3v) is 4.44. The van der Waals surface area contributed by atoms with E-state index >= 15 is 0 Å². The largest absolute Gasteiger partial charge is 0.330 e. The van der Waals surface area contributed by atoms with Crippen LogP contribution in [0, 0.1) is 5.92 Å². The fourth-order valence-electron chi connectivity index (χ4n) is 3.01. The second-order valence-electron chi connectivity index (χ2n) is 5.88. The number of rotatable bonds is 3. The molecule has 1 fully saturated rings. The molecule has 2 amide bonds. The van der Waals surface area contributed by atoms with Crippen LogP contribution in [0.3, 0.4) is 0 Å². The number of fused-ring (bicyclic) bond motifs is 1. The summed E-state index contributed by atoms with van der Waals surface area (Å²) in [6.07, 6.45) is 8.92. The average molecular weight is 262 g/mol. The Morgan fingerprint density at radius 1 is 1.47 bits per heavy atom. The molecule has 0 saturated heterocycles. The van der Waals surface area contributed by atoms with E-state index in [0.29, 0.717) is 5.92 Å². The highest BCUT2D eigenvalue weighted by Gasteiger charge is 2.26. The number of carbonyl (C=O) groups is 1. The number of amides is 2.